The zero-order valence-corrected chi connectivity index (χ0v) is 11.1. The number of imidazole rings is 1. The molecule has 100 valence electrons. The topological polar surface area (TPSA) is 83.8 Å². The number of hydrogen-bond donors (Lipinski definition) is 3. The van der Waals surface area contributed by atoms with E-state index in [9.17, 15) is 4.79 Å². The molecule has 5 nitrogen and oxygen atoms in total. The number of hydrogen-bond acceptors (Lipinski definition) is 3. The van der Waals surface area contributed by atoms with Gasteiger partial charge in [-0.3, -0.25) is 4.79 Å². The number of nitrogens with one attached hydrogen (secondary N) is 2. The lowest BCUT2D eigenvalue weighted by Crippen LogP contribution is -2.52. The highest BCUT2D eigenvalue weighted by Crippen LogP contribution is 2.31. The number of nitrogens with two attached hydrogens (primary N) is 1. The van der Waals surface area contributed by atoms with Gasteiger partial charge in [-0.2, -0.15) is 0 Å². The van der Waals surface area contributed by atoms with Gasteiger partial charge in [0.2, 0.25) is 5.91 Å². The van der Waals surface area contributed by atoms with Gasteiger partial charge in [-0.05, 0) is 26.7 Å². The van der Waals surface area contributed by atoms with Crippen LogP contribution >= 0.6 is 0 Å². The van der Waals surface area contributed by atoms with Gasteiger partial charge < -0.3 is 16.0 Å². The molecule has 0 bridgehead atoms. The van der Waals surface area contributed by atoms with Crippen LogP contribution in [0.25, 0.3) is 0 Å². The molecule has 1 aliphatic carbocycles. The summed E-state index contributed by atoms with van der Waals surface area (Å²) in [4.78, 5) is 19.4. The summed E-state index contributed by atoms with van der Waals surface area (Å²) in [7, 11) is 0. The normalized spacial score (nSPS) is 28.1. The van der Waals surface area contributed by atoms with Gasteiger partial charge >= 0.3 is 0 Å². The zero-order chi connectivity index (χ0) is 13.2. The van der Waals surface area contributed by atoms with Crippen LogP contribution in [-0.4, -0.2) is 21.4 Å². The van der Waals surface area contributed by atoms with E-state index < -0.39 is 0 Å². The third kappa shape index (κ3) is 2.72. The van der Waals surface area contributed by atoms with Crippen LogP contribution in [0.2, 0.25) is 0 Å². The lowest BCUT2D eigenvalue weighted by atomic mass is 9.74. The molecule has 2 unspecified atom stereocenters. The van der Waals surface area contributed by atoms with Crippen LogP contribution in [0.4, 0.5) is 0 Å². The molecule has 0 radical (unpaired) electrons. The number of amides is 1. The van der Waals surface area contributed by atoms with Crippen LogP contribution in [0.15, 0.2) is 6.33 Å². The molecule has 2 rings (SSSR count). The first-order valence-electron chi connectivity index (χ1n) is 6.56. The monoisotopic (exact) mass is 250 g/mol. The molecule has 2 atom stereocenters. The fraction of sp³-hybridized carbons (Fsp3) is 0.692. The zero-order valence-electron chi connectivity index (χ0n) is 11.1. The van der Waals surface area contributed by atoms with Gasteiger partial charge in [0.25, 0.3) is 0 Å². The smallest absolute Gasteiger partial charge is 0.225 e. The van der Waals surface area contributed by atoms with Crippen molar-refractivity contribution >= 4 is 5.91 Å². The van der Waals surface area contributed by atoms with Crippen molar-refractivity contribution in [2.45, 2.75) is 51.6 Å². The molecule has 18 heavy (non-hydrogen) atoms. The van der Waals surface area contributed by atoms with Crippen molar-refractivity contribution in [1.29, 1.82) is 0 Å². The number of aryl methyl sites for hydroxylation is 1. The number of rotatable bonds is 3. The molecule has 1 heterocycles. The van der Waals surface area contributed by atoms with E-state index in [-0.39, 0.29) is 17.4 Å². The fourth-order valence-corrected chi connectivity index (χ4v) is 2.65. The van der Waals surface area contributed by atoms with Gasteiger partial charge in [0, 0.05) is 11.2 Å². The third-order valence-electron chi connectivity index (χ3n) is 3.94. The highest BCUT2D eigenvalue weighted by atomic mass is 16.1. The number of aromatic nitrogens is 2. The van der Waals surface area contributed by atoms with E-state index in [1.807, 2.05) is 13.8 Å². The Hall–Kier alpha value is -1.36. The molecule has 0 saturated heterocycles. The SMILES string of the molecule is Cc1[nH]cnc1CNC(=O)C1CCCCC1(C)N. The number of carbonyl (C=O) groups is 1. The van der Waals surface area contributed by atoms with Crippen LogP contribution in [0, 0.1) is 12.8 Å². The van der Waals surface area contributed by atoms with E-state index in [2.05, 4.69) is 15.3 Å². The summed E-state index contributed by atoms with van der Waals surface area (Å²) in [6, 6.07) is 0. The molecule has 1 aliphatic rings. The van der Waals surface area contributed by atoms with Crippen LogP contribution < -0.4 is 11.1 Å². The first-order chi connectivity index (χ1) is 8.50. The highest BCUT2D eigenvalue weighted by molar-refractivity contribution is 5.80. The van der Waals surface area contributed by atoms with Gasteiger partial charge in [0.05, 0.1) is 24.5 Å². The number of aromatic amines is 1. The van der Waals surface area contributed by atoms with E-state index in [0.717, 1.165) is 37.1 Å². The number of carbonyl (C=O) groups excluding carboxylic acids is 1. The van der Waals surface area contributed by atoms with Crippen molar-refractivity contribution in [1.82, 2.24) is 15.3 Å². The summed E-state index contributed by atoms with van der Waals surface area (Å²) in [5.41, 5.74) is 7.73. The summed E-state index contributed by atoms with van der Waals surface area (Å²) < 4.78 is 0. The molecule has 1 aromatic rings. The van der Waals surface area contributed by atoms with Crippen LogP contribution in [0.1, 0.15) is 44.0 Å². The summed E-state index contributed by atoms with van der Waals surface area (Å²) in [5, 5.41) is 2.95. The molecular formula is C13H22N4O. The molecule has 1 fully saturated rings. The van der Waals surface area contributed by atoms with E-state index in [1.165, 1.54) is 0 Å². The first kappa shape index (κ1) is 13.1. The molecule has 1 aromatic heterocycles. The van der Waals surface area contributed by atoms with E-state index in [1.54, 1.807) is 6.33 Å². The maximum absolute atomic E-state index is 12.2. The van der Waals surface area contributed by atoms with E-state index in [4.69, 9.17) is 5.73 Å². The van der Waals surface area contributed by atoms with Crippen molar-refractivity contribution in [3.8, 4) is 0 Å². The van der Waals surface area contributed by atoms with Crippen molar-refractivity contribution in [3.63, 3.8) is 0 Å². The van der Waals surface area contributed by atoms with Crippen LogP contribution in [0.3, 0.4) is 0 Å². The van der Waals surface area contributed by atoms with Gasteiger partial charge in [-0.25, -0.2) is 4.98 Å². The van der Waals surface area contributed by atoms with Crippen LogP contribution in [0.5, 0.6) is 0 Å². The van der Waals surface area contributed by atoms with Gasteiger partial charge in [0.15, 0.2) is 0 Å². The van der Waals surface area contributed by atoms with Crippen molar-refractivity contribution in [2.24, 2.45) is 11.7 Å². The second-order valence-corrected chi connectivity index (χ2v) is 5.50. The Labute approximate surface area is 108 Å². The average molecular weight is 250 g/mol. The first-order valence-corrected chi connectivity index (χ1v) is 6.56. The highest BCUT2D eigenvalue weighted by Gasteiger charge is 2.37. The molecule has 0 aliphatic heterocycles. The van der Waals surface area contributed by atoms with Gasteiger partial charge in [-0.15, -0.1) is 0 Å². The minimum Gasteiger partial charge on any atom is -0.350 e. The van der Waals surface area contributed by atoms with Gasteiger partial charge in [0.1, 0.15) is 0 Å². The Balaban J connectivity index is 1.93. The Kier molecular flexibility index (Phi) is 3.71. The Bertz CT molecular complexity index is 424. The lowest BCUT2D eigenvalue weighted by molar-refractivity contribution is -0.128. The second-order valence-electron chi connectivity index (χ2n) is 5.50. The second kappa shape index (κ2) is 5.10. The Morgan fingerprint density at radius 2 is 2.44 bits per heavy atom. The Morgan fingerprint density at radius 3 is 3.06 bits per heavy atom. The number of nitrogens with zero attached hydrogens (tertiary/aromatic N) is 1. The quantitative estimate of drug-likeness (QED) is 0.754. The molecule has 0 spiro atoms. The standard InChI is InChI=1S/C13H22N4O/c1-9-11(17-8-16-9)7-15-12(18)10-5-3-4-6-13(10,2)14/h8,10H,3-7,14H2,1-2H3,(H,15,18)(H,16,17). The molecular weight excluding hydrogens is 228 g/mol. The average Bonchev–Trinajstić information content (AvgIpc) is 2.71. The van der Waals surface area contributed by atoms with Crippen molar-refractivity contribution in [3.05, 3.63) is 17.7 Å². The third-order valence-corrected chi connectivity index (χ3v) is 3.94. The maximum atomic E-state index is 12.2. The predicted molar refractivity (Wildman–Crippen MR) is 69.7 cm³/mol. The largest absolute Gasteiger partial charge is 0.350 e. The predicted octanol–water partition coefficient (Wildman–Crippen LogP) is 1.24. The van der Waals surface area contributed by atoms with Crippen molar-refractivity contribution < 1.29 is 4.79 Å². The molecule has 0 aromatic carbocycles. The molecule has 4 N–H and O–H groups in total. The molecule has 5 heteroatoms. The minimum atomic E-state index is -0.372. The Morgan fingerprint density at radius 1 is 1.67 bits per heavy atom. The van der Waals surface area contributed by atoms with E-state index >= 15 is 0 Å². The number of H-pyrrole nitrogens is 1. The van der Waals surface area contributed by atoms with E-state index in [0.29, 0.717) is 6.54 Å². The summed E-state index contributed by atoms with van der Waals surface area (Å²) in [6.07, 6.45) is 5.66. The maximum Gasteiger partial charge on any atom is 0.225 e. The lowest BCUT2D eigenvalue weighted by Gasteiger charge is -2.37. The molecule has 1 amide bonds. The fourth-order valence-electron chi connectivity index (χ4n) is 2.65. The minimum absolute atomic E-state index is 0.0575. The van der Waals surface area contributed by atoms with Crippen LogP contribution in [-0.2, 0) is 11.3 Å². The summed E-state index contributed by atoms with van der Waals surface area (Å²) in [5.74, 6) is -0.0207. The van der Waals surface area contributed by atoms with Gasteiger partial charge in [-0.1, -0.05) is 12.8 Å². The molecule has 1 saturated carbocycles. The van der Waals surface area contributed by atoms with Crippen molar-refractivity contribution in [2.75, 3.05) is 0 Å². The summed E-state index contributed by atoms with van der Waals surface area (Å²) >= 11 is 0. The summed E-state index contributed by atoms with van der Waals surface area (Å²) in [6.45, 7) is 4.40.